The number of rotatable bonds is 6. The highest BCUT2D eigenvalue weighted by molar-refractivity contribution is 7.89. The number of carbonyl (C=O) groups excluding carboxylic acids is 1. The average Bonchev–Trinajstić information content (AvgIpc) is 2.38. The number of terminal acetylenes is 1. The van der Waals surface area contributed by atoms with Crippen LogP contribution in [-0.2, 0) is 14.8 Å². The number of nitrogens with two attached hydrogens (primary N) is 1. The van der Waals surface area contributed by atoms with Gasteiger partial charge in [-0.15, -0.1) is 12.3 Å². The van der Waals surface area contributed by atoms with Gasteiger partial charge in [-0.1, -0.05) is 0 Å². The summed E-state index contributed by atoms with van der Waals surface area (Å²) in [6, 6.07) is 4.82. The first-order valence-electron chi connectivity index (χ1n) is 6.38. The molecule has 114 valence electrons. The first-order valence-corrected chi connectivity index (χ1v) is 7.87. The maximum absolute atomic E-state index is 11.9. The van der Waals surface area contributed by atoms with Gasteiger partial charge in [0.05, 0.1) is 10.9 Å². The smallest absolute Gasteiger partial charge is 0.242 e. The van der Waals surface area contributed by atoms with Crippen LogP contribution in [0.2, 0.25) is 0 Å². The lowest BCUT2D eigenvalue weighted by Crippen LogP contribution is -2.35. The highest BCUT2D eigenvalue weighted by Gasteiger charge is 2.16. The predicted molar refractivity (Wildman–Crippen MR) is 82.0 cm³/mol. The Morgan fingerprint density at radius 3 is 2.38 bits per heavy atom. The van der Waals surface area contributed by atoms with Gasteiger partial charge < -0.3 is 11.1 Å². The number of nitrogens with one attached hydrogen (secondary N) is 2. The number of benzene rings is 1. The number of anilines is 1. The molecule has 0 saturated heterocycles. The van der Waals surface area contributed by atoms with Crippen molar-refractivity contribution in [3.63, 3.8) is 0 Å². The van der Waals surface area contributed by atoms with Gasteiger partial charge in [0, 0.05) is 18.2 Å². The van der Waals surface area contributed by atoms with Gasteiger partial charge in [-0.3, -0.25) is 4.79 Å². The zero-order chi connectivity index (χ0) is 16.0. The third kappa shape index (κ3) is 5.19. The second kappa shape index (κ2) is 7.22. The molecule has 7 heteroatoms. The van der Waals surface area contributed by atoms with Crippen LogP contribution in [0.25, 0.3) is 0 Å². The first kappa shape index (κ1) is 17.2. The normalized spacial score (nSPS) is 12.7. The molecule has 0 heterocycles. The Balaban J connectivity index is 2.80. The third-order valence-electron chi connectivity index (χ3n) is 2.50. The molecule has 1 rings (SSSR count). The van der Waals surface area contributed by atoms with E-state index in [1.807, 2.05) is 0 Å². The molecule has 1 unspecified atom stereocenters. The lowest BCUT2D eigenvalue weighted by molar-refractivity contribution is -0.117. The molecule has 1 aromatic rings. The van der Waals surface area contributed by atoms with E-state index in [1.54, 1.807) is 13.8 Å². The van der Waals surface area contributed by atoms with Crippen LogP contribution in [0.3, 0.4) is 0 Å². The lowest BCUT2D eigenvalue weighted by Gasteiger charge is -2.12. The molecule has 1 atom stereocenters. The zero-order valence-corrected chi connectivity index (χ0v) is 12.8. The van der Waals surface area contributed by atoms with E-state index in [9.17, 15) is 13.2 Å². The summed E-state index contributed by atoms with van der Waals surface area (Å²) in [7, 11) is -3.54. The number of carbonyl (C=O) groups is 1. The molecule has 1 amide bonds. The summed E-state index contributed by atoms with van der Waals surface area (Å²) >= 11 is 0. The monoisotopic (exact) mass is 309 g/mol. The van der Waals surface area contributed by atoms with Crippen LogP contribution in [0, 0.1) is 12.3 Å². The third-order valence-corrected chi connectivity index (χ3v) is 4.17. The lowest BCUT2D eigenvalue weighted by atomic mass is 10.2. The Morgan fingerprint density at radius 2 is 1.90 bits per heavy atom. The topological polar surface area (TPSA) is 101 Å². The Hall–Kier alpha value is -1.88. The number of sulfonamides is 1. The van der Waals surface area contributed by atoms with Crippen molar-refractivity contribution >= 4 is 21.6 Å². The van der Waals surface area contributed by atoms with Crippen LogP contribution in [-0.4, -0.2) is 26.4 Å². The number of amides is 1. The molecule has 6 nitrogen and oxygen atoms in total. The summed E-state index contributed by atoms with van der Waals surface area (Å²) in [5, 5.41) is 2.57. The van der Waals surface area contributed by atoms with E-state index in [0.717, 1.165) is 0 Å². The Morgan fingerprint density at radius 1 is 1.33 bits per heavy atom. The fourth-order valence-corrected chi connectivity index (χ4v) is 2.80. The molecule has 0 aliphatic carbocycles. The number of hydrogen-bond donors (Lipinski definition) is 3. The maximum Gasteiger partial charge on any atom is 0.242 e. The largest absolute Gasteiger partial charge is 0.325 e. The second-order valence-electron chi connectivity index (χ2n) is 4.80. The van der Waals surface area contributed by atoms with Gasteiger partial charge in [0.2, 0.25) is 15.9 Å². The molecule has 0 aliphatic heterocycles. The fourth-order valence-electron chi connectivity index (χ4n) is 1.55. The zero-order valence-electron chi connectivity index (χ0n) is 12.0. The summed E-state index contributed by atoms with van der Waals surface area (Å²) in [5.74, 6) is 1.89. The Bertz CT molecular complexity index is 630. The van der Waals surface area contributed by atoms with Gasteiger partial charge >= 0.3 is 0 Å². The van der Waals surface area contributed by atoms with Crippen molar-refractivity contribution in [2.75, 3.05) is 5.32 Å². The molecule has 0 radical (unpaired) electrons. The average molecular weight is 309 g/mol. The quantitative estimate of drug-likeness (QED) is 0.672. The van der Waals surface area contributed by atoms with E-state index >= 15 is 0 Å². The van der Waals surface area contributed by atoms with Crippen molar-refractivity contribution in [3.05, 3.63) is 24.3 Å². The Kier molecular flexibility index (Phi) is 5.90. The summed E-state index contributed by atoms with van der Waals surface area (Å²) in [5.41, 5.74) is 6.02. The molecule has 0 spiro atoms. The minimum Gasteiger partial charge on any atom is -0.325 e. The van der Waals surface area contributed by atoms with E-state index in [4.69, 9.17) is 12.2 Å². The van der Waals surface area contributed by atoms with E-state index in [1.165, 1.54) is 24.3 Å². The number of hydrogen-bond acceptors (Lipinski definition) is 4. The molecule has 0 bridgehead atoms. The van der Waals surface area contributed by atoms with E-state index in [2.05, 4.69) is 16.0 Å². The fraction of sp³-hybridized carbons (Fsp3) is 0.357. The van der Waals surface area contributed by atoms with Crippen molar-refractivity contribution in [3.8, 4) is 12.3 Å². The predicted octanol–water partition coefficient (Wildman–Crippen LogP) is 0.662. The SMILES string of the molecule is C#CCC(N)C(=O)Nc1ccc(S(=O)(=O)NC(C)C)cc1. The molecule has 1 aromatic carbocycles. The van der Waals surface area contributed by atoms with E-state index < -0.39 is 22.0 Å². The highest BCUT2D eigenvalue weighted by atomic mass is 32.2. The molecule has 0 fully saturated rings. The van der Waals surface area contributed by atoms with Crippen molar-refractivity contribution in [2.24, 2.45) is 5.73 Å². The maximum atomic E-state index is 11.9. The van der Waals surface area contributed by atoms with E-state index in [-0.39, 0.29) is 17.4 Å². The van der Waals surface area contributed by atoms with Crippen molar-refractivity contribution in [1.82, 2.24) is 4.72 Å². The standard InChI is InChI=1S/C14H19N3O3S/c1-4-5-13(15)14(18)16-11-6-8-12(9-7-11)21(19,20)17-10(2)3/h1,6-10,13,17H,5,15H2,2-3H3,(H,16,18). The molecular formula is C14H19N3O3S. The molecule has 0 saturated carbocycles. The highest BCUT2D eigenvalue weighted by Crippen LogP contribution is 2.14. The van der Waals surface area contributed by atoms with Crippen LogP contribution in [0.1, 0.15) is 20.3 Å². The van der Waals surface area contributed by atoms with Gasteiger partial charge in [0.15, 0.2) is 0 Å². The van der Waals surface area contributed by atoms with Crippen LogP contribution < -0.4 is 15.8 Å². The molecule has 21 heavy (non-hydrogen) atoms. The minimum atomic E-state index is -3.54. The van der Waals surface area contributed by atoms with Gasteiger partial charge in [0.1, 0.15) is 0 Å². The van der Waals surface area contributed by atoms with Gasteiger partial charge in [-0.05, 0) is 38.1 Å². The first-order chi connectivity index (χ1) is 9.76. The van der Waals surface area contributed by atoms with Crippen molar-refractivity contribution in [1.29, 1.82) is 0 Å². The van der Waals surface area contributed by atoms with Crippen molar-refractivity contribution < 1.29 is 13.2 Å². The van der Waals surface area contributed by atoms with Crippen LogP contribution in [0.4, 0.5) is 5.69 Å². The van der Waals surface area contributed by atoms with Crippen molar-refractivity contribution in [2.45, 2.75) is 37.2 Å². The van der Waals surface area contributed by atoms with Gasteiger partial charge in [-0.2, -0.15) is 0 Å². The van der Waals surface area contributed by atoms with Gasteiger partial charge in [0.25, 0.3) is 0 Å². The molecular weight excluding hydrogens is 290 g/mol. The summed E-state index contributed by atoms with van der Waals surface area (Å²) in [4.78, 5) is 11.8. The Labute approximate surface area is 125 Å². The van der Waals surface area contributed by atoms with Crippen LogP contribution in [0.5, 0.6) is 0 Å². The van der Waals surface area contributed by atoms with Crippen LogP contribution >= 0.6 is 0 Å². The van der Waals surface area contributed by atoms with Gasteiger partial charge in [-0.25, -0.2) is 13.1 Å². The second-order valence-corrected chi connectivity index (χ2v) is 6.52. The summed E-state index contributed by atoms with van der Waals surface area (Å²) < 4.78 is 26.3. The summed E-state index contributed by atoms with van der Waals surface area (Å²) in [6.45, 7) is 3.47. The molecule has 4 N–H and O–H groups in total. The van der Waals surface area contributed by atoms with Crippen LogP contribution in [0.15, 0.2) is 29.2 Å². The molecule has 0 aromatic heterocycles. The minimum absolute atomic E-state index is 0.127. The summed E-state index contributed by atoms with van der Waals surface area (Å²) in [6.07, 6.45) is 5.22. The molecule has 0 aliphatic rings. The van der Waals surface area contributed by atoms with E-state index in [0.29, 0.717) is 5.69 Å².